The highest BCUT2D eigenvalue weighted by Crippen LogP contribution is 2.50. The van der Waals surface area contributed by atoms with Crippen molar-refractivity contribution in [2.45, 2.75) is 65.0 Å². The average Bonchev–Trinajstić information content (AvgIpc) is 2.82. The van der Waals surface area contributed by atoms with E-state index in [9.17, 15) is 23.1 Å². The lowest BCUT2D eigenvalue weighted by Gasteiger charge is -2.53. The van der Waals surface area contributed by atoms with Crippen LogP contribution in [0.5, 0.6) is 0 Å². The number of alkyl halides is 3. The molecule has 2 radical (unpaired) electrons. The fourth-order valence-corrected chi connectivity index (χ4v) is 6.38. The predicted molar refractivity (Wildman–Crippen MR) is 135 cm³/mol. The van der Waals surface area contributed by atoms with Gasteiger partial charge in [0, 0.05) is 52.1 Å². The van der Waals surface area contributed by atoms with Gasteiger partial charge in [0.1, 0.15) is 6.10 Å². The average molecular weight is 521 g/mol. The number of halogens is 3. The molecular weight excluding hydrogens is 481 g/mol. The predicted octanol–water partition coefficient (Wildman–Crippen LogP) is 4.83. The van der Waals surface area contributed by atoms with Gasteiger partial charge >= 0.3 is 12.1 Å². The Hall–Kier alpha value is -1.90. The summed E-state index contributed by atoms with van der Waals surface area (Å²) in [6.07, 6.45) is 2.33. The highest BCUT2D eigenvalue weighted by molar-refractivity contribution is 5.66. The van der Waals surface area contributed by atoms with Gasteiger partial charge in [0.05, 0.1) is 17.6 Å². The summed E-state index contributed by atoms with van der Waals surface area (Å²) in [5, 5.41) is 11.7. The first kappa shape index (κ1) is 28.1. The van der Waals surface area contributed by atoms with Crippen LogP contribution in [0.2, 0.25) is 0 Å². The number of hydrogen-bond donors (Lipinski definition) is 1. The van der Waals surface area contributed by atoms with E-state index in [0.29, 0.717) is 18.0 Å². The van der Waals surface area contributed by atoms with E-state index in [1.54, 1.807) is 6.07 Å². The summed E-state index contributed by atoms with van der Waals surface area (Å²) in [7, 11) is 0. The Morgan fingerprint density at radius 1 is 1.22 bits per heavy atom. The topological polar surface area (TPSA) is 53.0 Å². The molecule has 204 valence electrons. The van der Waals surface area contributed by atoms with Gasteiger partial charge in [-0.1, -0.05) is 38.1 Å². The van der Waals surface area contributed by atoms with Crippen molar-refractivity contribution in [1.82, 2.24) is 9.80 Å². The Labute approximate surface area is 218 Å². The van der Waals surface area contributed by atoms with Crippen molar-refractivity contribution < 1.29 is 27.8 Å². The van der Waals surface area contributed by atoms with Gasteiger partial charge in [-0.3, -0.25) is 9.69 Å². The first-order valence-electron chi connectivity index (χ1n) is 13.3. The minimum atomic E-state index is -4.32. The van der Waals surface area contributed by atoms with Crippen LogP contribution in [0.4, 0.5) is 13.2 Å². The van der Waals surface area contributed by atoms with Gasteiger partial charge in [-0.2, -0.15) is 13.2 Å². The summed E-state index contributed by atoms with van der Waals surface area (Å²) < 4.78 is 44.6. The molecule has 8 heteroatoms. The number of carbonyl (C=O) groups excluding carboxylic acids is 1. The number of aliphatic hydroxyl groups is 1. The van der Waals surface area contributed by atoms with Crippen LogP contribution in [-0.2, 0) is 22.3 Å². The van der Waals surface area contributed by atoms with Crippen LogP contribution in [0.25, 0.3) is 0 Å². The number of carbonyl (C=O) groups is 1. The standard InChI is InChI=1S/C29H39F3N2O3/c1-19-14-26-25(9-8-21(3)28(26,36)16-27(19)37-22(4)35)20(2)17-33-10-12-34(13-11-33)18-23-6-5-7-24(15-23)29(30,31)32/h5-7,14-15,20-21,25-27,36H,8-13,17-18H2,1-4H3/t20-,21-,25+,26-,27-,28-/m1/s1. The molecule has 0 spiro atoms. The van der Waals surface area contributed by atoms with Crippen LogP contribution < -0.4 is 0 Å². The lowest BCUT2D eigenvalue weighted by atomic mass is 9.57. The molecule has 1 saturated heterocycles. The van der Waals surface area contributed by atoms with E-state index in [-0.39, 0.29) is 23.7 Å². The number of esters is 1. The smallest absolute Gasteiger partial charge is 0.416 e. The van der Waals surface area contributed by atoms with E-state index in [0.717, 1.165) is 57.2 Å². The molecule has 1 aliphatic heterocycles. The van der Waals surface area contributed by atoms with E-state index < -0.39 is 23.4 Å². The molecule has 6 atom stereocenters. The summed E-state index contributed by atoms with van der Waals surface area (Å²) >= 11 is 0. The Morgan fingerprint density at radius 2 is 1.89 bits per heavy atom. The third kappa shape index (κ3) is 6.40. The molecule has 1 heterocycles. The van der Waals surface area contributed by atoms with Crippen molar-refractivity contribution in [1.29, 1.82) is 0 Å². The molecule has 0 amide bonds. The van der Waals surface area contributed by atoms with E-state index in [1.807, 2.05) is 13.8 Å². The van der Waals surface area contributed by atoms with Gasteiger partial charge < -0.3 is 14.7 Å². The Morgan fingerprint density at radius 3 is 2.54 bits per heavy atom. The maximum atomic E-state index is 13.0. The number of benzene rings is 1. The summed E-state index contributed by atoms with van der Waals surface area (Å²) in [6, 6.07) is 5.60. The number of nitrogens with zero attached hydrogens (tertiary/aromatic N) is 2. The molecule has 0 aromatic heterocycles. The van der Waals surface area contributed by atoms with Gasteiger partial charge in [-0.25, -0.2) is 0 Å². The molecule has 2 fully saturated rings. The summed E-state index contributed by atoms with van der Waals surface area (Å²) in [5.74, 6) is 0.205. The van der Waals surface area contributed by atoms with Crippen LogP contribution >= 0.6 is 0 Å². The van der Waals surface area contributed by atoms with E-state index in [1.165, 1.54) is 19.1 Å². The summed E-state index contributed by atoms with van der Waals surface area (Å²) in [6.45, 7) is 12.4. The third-order valence-electron chi connectivity index (χ3n) is 8.56. The van der Waals surface area contributed by atoms with E-state index in [2.05, 4.69) is 29.2 Å². The van der Waals surface area contributed by atoms with E-state index in [4.69, 9.17) is 4.74 Å². The zero-order valence-electron chi connectivity index (χ0n) is 22.2. The third-order valence-corrected chi connectivity index (χ3v) is 8.56. The quantitative estimate of drug-likeness (QED) is 0.430. The highest BCUT2D eigenvalue weighted by Gasteiger charge is 2.53. The van der Waals surface area contributed by atoms with Crippen molar-refractivity contribution >= 4 is 5.97 Å². The summed E-state index contributed by atoms with van der Waals surface area (Å²) in [5.41, 5.74) is -0.119. The van der Waals surface area contributed by atoms with Crippen LogP contribution in [-0.4, -0.2) is 65.3 Å². The zero-order chi connectivity index (χ0) is 27.0. The molecule has 5 nitrogen and oxygen atoms in total. The van der Waals surface area contributed by atoms with Gasteiger partial charge in [0.15, 0.2) is 0 Å². The number of ether oxygens (including phenoxy) is 1. The van der Waals surface area contributed by atoms with Crippen molar-refractivity contribution in [3.05, 3.63) is 53.5 Å². The van der Waals surface area contributed by atoms with Crippen LogP contribution in [0.3, 0.4) is 0 Å². The van der Waals surface area contributed by atoms with Crippen molar-refractivity contribution in [2.75, 3.05) is 32.7 Å². The lowest BCUT2D eigenvalue weighted by molar-refractivity contribution is -0.148. The van der Waals surface area contributed by atoms with Gasteiger partial charge in [-0.15, -0.1) is 0 Å². The van der Waals surface area contributed by atoms with Crippen LogP contribution in [0.15, 0.2) is 35.9 Å². The minimum absolute atomic E-state index is 0.0303. The second-order valence-electron chi connectivity index (χ2n) is 11.3. The molecular formula is C29H39F3N2O3. The maximum absolute atomic E-state index is 13.0. The molecule has 4 rings (SSSR count). The molecule has 1 aromatic carbocycles. The molecule has 37 heavy (non-hydrogen) atoms. The SMILES string of the molecule is CC(=O)O[C@@H]1[C][C@@]2(O)[C@H](C)CC[C@@H]([C@H](C)CN3CCN(Cc4cccc(C(F)(F)F)c4)CC3)[C@H]2C=C1C. The van der Waals surface area contributed by atoms with Crippen molar-refractivity contribution in [2.24, 2.45) is 23.7 Å². The Balaban J connectivity index is 1.35. The molecule has 0 bridgehead atoms. The highest BCUT2D eigenvalue weighted by atomic mass is 19.4. The molecule has 1 N–H and O–H groups in total. The lowest BCUT2D eigenvalue weighted by Crippen LogP contribution is -2.57. The van der Waals surface area contributed by atoms with Gasteiger partial charge in [0.25, 0.3) is 0 Å². The molecule has 1 saturated carbocycles. The van der Waals surface area contributed by atoms with Gasteiger partial charge in [0.2, 0.25) is 0 Å². The molecule has 3 aliphatic rings. The second-order valence-corrected chi connectivity index (χ2v) is 11.3. The first-order chi connectivity index (χ1) is 17.4. The minimum Gasteiger partial charge on any atom is -0.457 e. The fraction of sp³-hybridized carbons (Fsp3) is 0.655. The Bertz CT molecular complexity index is 989. The number of rotatable bonds is 6. The van der Waals surface area contributed by atoms with Crippen LogP contribution in [0, 0.1) is 30.1 Å². The van der Waals surface area contributed by atoms with Crippen LogP contribution in [0.1, 0.15) is 51.7 Å². The number of fused-ring (bicyclic) bond motifs is 1. The molecule has 1 aromatic rings. The fourth-order valence-electron chi connectivity index (χ4n) is 6.38. The first-order valence-corrected chi connectivity index (χ1v) is 13.3. The monoisotopic (exact) mass is 520 g/mol. The number of hydrogen-bond acceptors (Lipinski definition) is 5. The molecule has 2 aliphatic carbocycles. The second kappa shape index (κ2) is 11.1. The Kier molecular flexibility index (Phi) is 8.41. The normalized spacial score (nSPS) is 32.4. The van der Waals surface area contributed by atoms with Gasteiger partial charge in [-0.05, 0) is 54.7 Å². The van der Waals surface area contributed by atoms with E-state index >= 15 is 0 Å². The zero-order valence-corrected chi connectivity index (χ0v) is 22.2. The number of piperazine rings is 1. The largest absolute Gasteiger partial charge is 0.457 e. The van der Waals surface area contributed by atoms with Crippen molar-refractivity contribution in [3.8, 4) is 0 Å². The maximum Gasteiger partial charge on any atom is 0.416 e. The molecule has 0 unspecified atom stereocenters. The van der Waals surface area contributed by atoms with Crippen molar-refractivity contribution in [3.63, 3.8) is 0 Å². The summed E-state index contributed by atoms with van der Waals surface area (Å²) in [4.78, 5) is 16.2.